The Balaban J connectivity index is 1.66. The van der Waals surface area contributed by atoms with E-state index < -0.39 is 24.2 Å². The van der Waals surface area contributed by atoms with Crippen LogP contribution in [0.25, 0.3) is 0 Å². The minimum atomic E-state index is -1.25. The number of furan rings is 1. The van der Waals surface area contributed by atoms with Crippen molar-refractivity contribution in [3.63, 3.8) is 0 Å². The highest BCUT2D eigenvalue weighted by molar-refractivity contribution is 14.1. The molecule has 12 heteroatoms. The highest BCUT2D eigenvalue weighted by atomic mass is 127. The lowest BCUT2D eigenvalue weighted by Gasteiger charge is -2.41. The summed E-state index contributed by atoms with van der Waals surface area (Å²) in [6, 6.07) is 4.02. The molecule has 0 saturated heterocycles. The van der Waals surface area contributed by atoms with Gasteiger partial charge in [0.25, 0.3) is 0 Å². The molecule has 0 radical (unpaired) electrons. The van der Waals surface area contributed by atoms with E-state index >= 15 is 0 Å². The summed E-state index contributed by atoms with van der Waals surface area (Å²) in [6.07, 6.45) is 5.99. The topological polar surface area (TPSA) is 148 Å². The molecule has 1 heterocycles. The second-order valence-electron chi connectivity index (χ2n) is 12.5. The van der Waals surface area contributed by atoms with Crippen LogP contribution < -0.4 is 14.8 Å². The molecule has 1 saturated carbocycles. The summed E-state index contributed by atoms with van der Waals surface area (Å²) in [5, 5.41) is 23.8. The SMILES string of the molecule is COc1cc(C=O)cc(I)c1OC1C=C(C(=O)NCCO)CC(N(Cc2ccoc2)C(=O)COC2CC(C)CCC2C(C)C)C1O. The van der Waals surface area contributed by atoms with Gasteiger partial charge in [0.05, 0.1) is 42.0 Å². The van der Waals surface area contributed by atoms with Crippen LogP contribution in [0.2, 0.25) is 0 Å². The first-order chi connectivity index (χ1) is 22.1. The van der Waals surface area contributed by atoms with E-state index in [9.17, 15) is 24.6 Å². The molecular weight excluding hydrogens is 707 g/mol. The Bertz CT molecular complexity index is 1360. The lowest BCUT2D eigenvalue weighted by atomic mass is 9.75. The van der Waals surface area contributed by atoms with Gasteiger partial charge >= 0.3 is 0 Å². The summed E-state index contributed by atoms with van der Waals surface area (Å²) in [6.45, 7) is 6.29. The van der Waals surface area contributed by atoms with Gasteiger partial charge < -0.3 is 39.1 Å². The molecular formula is C34H45IN2O9. The number of aldehydes is 1. The molecule has 0 aliphatic heterocycles. The second kappa shape index (κ2) is 16.8. The van der Waals surface area contributed by atoms with Gasteiger partial charge in [0, 0.05) is 36.2 Å². The average molecular weight is 753 g/mol. The zero-order valence-electron chi connectivity index (χ0n) is 26.8. The smallest absolute Gasteiger partial charge is 0.249 e. The molecule has 2 aromatic rings. The third-order valence-corrected chi connectivity index (χ3v) is 9.69. The number of hydrogen-bond acceptors (Lipinski definition) is 9. The van der Waals surface area contributed by atoms with E-state index in [1.165, 1.54) is 36.7 Å². The molecule has 0 bridgehead atoms. The molecule has 4 rings (SSSR count). The fourth-order valence-corrected chi connectivity index (χ4v) is 7.13. The molecule has 2 amide bonds. The largest absolute Gasteiger partial charge is 0.493 e. The quantitative estimate of drug-likeness (QED) is 0.192. The molecule has 3 N–H and O–H groups in total. The number of methoxy groups -OCH3 is 1. The third kappa shape index (κ3) is 8.90. The number of aliphatic hydroxyl groups is 2. The molecule has 6 unspecified atom stereocenters. The van der Waals surface area contributed by atoms with Gasteiger partial charge in [-0.3, -0.25) is 14.4 Å². The number of amides is 2. The maximum absolute atomic E-state index is 14.1. The van der Waals surface area contributed by atoms with Crippen LogP contribution in [0.3, 0.4) is 0 Å². The van der Waals surface area contributed by atoms with Crippen molar-refractivity contribution in [2.75, 3.05) is 26.9 Å². The van der Waals surface area contributed by atoms with E-state index in [0.717, 1.165) is 19.3 Å². The summed E-state index contributed by atoms with van der Waals surface area (Å²) in [5.74, 6) is 1.05. The number of nitrogens with one attached hydrogen (secondary N) is 1. The van der Waals surface area contributed by atoms with Crippen molar-refractivity contribution in [3.05, 3.63) is 57.1 Å². The lowest BCUT2D eigenvalue weighted by Crippen LogP contribution is -2.55. The van der Waals surface area contributed by atoms with E-state index in [1.54, 1.807) is 12.1 Å². The number of ether oxygens (including phenoxy) is 3. The average Bonchev–Trinajstić information content (AvgIpc) is 3.56. The fourth-order valence-electron chi connectivity index (χ4n) is 6.38. The number of nitrogens with zero attached hydrogens (tertiary/aromatic N) is 1. The first kappa shape index (κ1) is 35.9. The molecule has 1 aromatic carbocycles. The third-order valence-electron chi connectivity index (χ3n) is 8.89. The summed E-state index contributed by atoms with van der Waals surface area (Å²) in [7, 11) is 1.44. The maximum atomic E-state index is 14.1. The van der Waals surface area contributed by atoms with Crippen LogP contribution in [0, 0.1) is 21.3 Å². The van der Waals surface area contributed by atoms with Gasteiger partial charge in [-0.15, -0.1) is 0 Å². The van der Waals surface area contributed by atoms with E-state index in [4.69, 9.17) is 18.6 Å². The van der Waals surface area contributed by atoms with Crippen LogP contribution in [0.1, 0.15) is 62.4 Å². The number of carbonyl (C=O) groups excluding carboxylic acids is 3. The molecule has 1 aromatic heterocycles. The minimum absolute atomic E-state index is 0.0370. The minimum Gasteiger partial charge on any atom is -0.493 e. The molecule has 1 fully saturated rings. The summed E-state index contributed by atoms with van der Waals surface area (Å²) < 4.78 is 24.0. The van der Waals surface area contributed by atoms with Gasteiger partial charge in [-0.2, -0.15) is 0 Å². The van der Waals surface area contributed by atoms with Crippen LogP contribution in [0.5, 0.6) is 11.5 Å². The van der Waals surface area contributed by atoms with Crippen LogP contribution >= 0.6 is 22.6 Å². The lowest BCUT2D eigenvalue weighted by molar-refractivity contribution is -0.149. The number of hydrogen-bond donors (Lipinski definition) is 3. The summed E-state index contributed by atoms with van der Waals surface area (Å²) >= 11 is 2.02. The van der Waals surface area contributed by atoms with Gasteiger partial charge in [-0.05, 0) is 77.5 Å². The standard InChI is InChI=1S/C34H45IN2O9/c1-20(2)25-6-5-21(3)11-28(25)45-19-31(40)37(16-22-7-10-44-18-22)27-14-24(34(42)36-8-9-38)15-29(32(27)41)46-33-26(35)12-23(17-39)13-30(33)43-4/h7,10,12-13,15,17-18,20-21,25,27-29,32,38,41H,5-6,8-9,11,14,16,19H2,1-4H3,(H,36,42). The number of carbonyl (C=O) groups is 3. The Labute approximate surface area is 283 Å². The van der Waals surface area contributed by atoms with E-state index in [0.29, 0.717) is 44.3 Å². The number of benzene rings is 1. The molecule has 2 aliphatic rings. The van der Waals surface area contributed by atoms with Gasteiger partial charge in [0.15, 0.2) is 11.5 Å². The van der Waals surface area contributed by atoms with Crippen LogP contribution in [0.4, 0.5) is 0 Å². The number of halogens is 1. The molecule has 6 atom stereocenters. The van der Waals surface area contributed by atoms with Crippen molar-refractivity contribution in [3.8, 4) is 11.5 Å². The summed E-state index contributed by atoms with van der Waals surface area (Å²) in [5.41, 5.74) is 1.39. The zero-order chi connectivity index (χ0) is 33.4. The first-order valence-corrected chi connectivity index (χ1v) is 16.8. The Morgan fingerprint density at radius 3 is 2.70 bits per heavy atom. The van der Waals surface area contributed by atoms with E-state index in [-0.39, 0.29) is 56.2 Å². The maximum Gasteiger partial charge on any atom is 0.249 e. The molecule has 0 spiro atoms. The van der Waals surface area contributed by atoms with Gasteiger partial charge in [0.2, 0.25) is 11.8 Å². The zero-order valence-corrected chi connectivity index (χ0v) is 29.0. The fraction of sp³-hybridized carbons (Fsp3) is 0.559. The second-order valence-corrected chi connectivity index (χ2v) is 13.7. The van der Waals surface area contributed by atoms with Gasteiger partial charge in [-0.25, -0.2) is 0 Å². The van der Waals surface area contributed by atoms with E-state index in [2.05, 4.69) is 26.1 Å². The highest BCUT2D eigenvalue weighted by Crippen LogP contribution is 2.38. The van der Waals surface area contributed by atoms with Crippen LogP contribution in [0.15, 0.2) is 46.8 Å². The van der Waals surface area contributed by atoms with Crippen LogP contribution in [-0.2, 0) is 20.9 Å². The molecule has 11 nitrogen and oxygen atoms in total. The number of aliphatic hydroxyl groups excluding tert-OH is 2. The Hall–Kier alpha value is -2.94. The molecule has 252 valence electrons. The van der Waals surface area contributed by atoms with Crippen molar-refractivity contribution >= 4 is 40.7 Å². The monoisotopic (exact) mass is 752 g/mol. The number of rotatable bonds is 14. The normalized spacial score (nSPS) is 24.7. The predicted molar refractivity (Wildman–Crippen MR) is 178 cm³/mol. The van der Waals surface area contributed by atoms with Crippen molar-refractivity contribution in [2.45, 2.75) is 77.4 Å². The van der Waals surface area contributed by atoms with Gasteiger partial charge in [0.1, 0.15) is 25.1 Å². The Morgan fingerprint density at radius 2 is 2.04 bits per heavy atom. The molecule has 2 aliphatic carbocycles. The Morgan fingerprint density at radius 1 is 1.26 bits per heavy atom. The van der Waals surface area contributed by atoms with Crippen molar-refractivity contribution < 1.29 is 43.2 Å². The summed E-state index contributed by atoms with van der Waals surface area (Å²) in [4.78, 5) is 40.3. The van der Waals surface area contributed by atoms with Crippen molar-refractivity contribution in [1.82, 2.24) is 10.2 Å². The highest BCUT2D eigenvalue weighted by Gasteiger charge is 2.41. The molecule has 46 heavy (non-hydrogen) atoms. The predicted octanol–water partition coefficient (Wildman–Crippen LogP) is 4.13. The first-order valence-electron chi connectivity index (χ1n) is 15.8. The Kier molecular flexibility index (Phi) is 13.1. The van der Waals surface area contributed by atoms with Gasteiger partial charge in [-0.1, -0.05) is 27.2 Å². The van der Waals surface area contributed by atoms with Crippen LogP contribution in [-0.4, -0.2) is 84.4 Å². The van der Waals surface area contributed by atoms with E-state index in [1.807, 2.05) is 22.6 Å². The van der Waals surface area contributed by atoms with Crippen molar-refractivity contribution in [2.24, 2.45) is 17.8 Å². The van der Waals surface area contributed by atoms with Crippen molar-refractivity contribution in [1.29, 1.82) is 0 Å².